The summed E-state index contributed by atoms with van der Waals surface area (Å²) in [5.74, 6) is 0.200. The van der Waals surface area contributed by atoms with Crippen molar-refractivity contribution in [2.45, 2.75) is 25.1 Å². The molecule has 2 atom stereocenters. The molecule has 0 fully saturated rings. The average molecular weight is 334 g/mol. The van der Waals surface area contributed by atoms with E-state index in [1.54, 1.807) is 45.2 Å². The van der Waals surface area contributed by atoms with E-state index in [2.05, 4.69) is 0 Å². The third-order valence-electron chi connectivity index (χ3n) is 3.52. The van der Waals surface area contributed by atoms with Gasteiger partial charge < -0.3 is 9.64 Å². The maximum atomic E-state index is 12.0. The smallest absolute Gasteiger partial charge is 0.260 e. The lowest BCUT2D eigenvalue weighted by atomic mass is 10.2. The maximum Gasteiger partial charge on any atom is 0.260 e. The number of nitrogens with zero attached hydrogens (tertiary/aromatic N) is 1. The molecule has 0 aromatic heterocycles. The van der Waals surface area contributed by atoms with E-state index in [1.807, 2.05) is 0 Å². The number of hydrogen-bond donors (Lipinski definition) is 0. The normalized spacial score (nSPS) is 14.3. The van der Waals surface area contributed by atoms with Gasteiger partial charge in [0.15, 0.2) is 16.4 Å². The molecule has 1 amide bonds. The second kappa shape index (κ2) is 7.13. The molecule has 118 valence electrons. The average Bonchev–Trinajstić information content (AvgIpc) is 2.41. The minimum atomic E-state index is -3.21. The minimum absolute atomic E-state index is 0.169. The van der Waals surface area contributed by atoms with Gasteiger partial charge in [-0.05, 0) is 32.0 Å². The van der Waals surface area contributed by atoms with E-state index in [4.69, 9.17) is 16.3 Å². The molecule has 1 aromatic rings. The van der Waals surface area contributed by atoms with Crippen molar-refractivity contribution in [3.8, 4) is 5.75 Å². The molecular formula is C14H20ClNO4S. The monoisotopic (exact) mass is 333 g/mol. The van der Waals surface area contributed by atoms with Gasteiger partial charge in [-0.2, -0.15) is 0 Å². The SMILES string of the molecule is CC(C(C)S(C)(=O)=O)N(C)C(=O)COc1cccc(Cl)c1. The standard InChI is InChI=1S/C14H20ClNO4S/c1-10(11(2)21(4,18)19)16(3)14(17)9-20-13-7-5-6-12(15)8-13/h5-8,10-11H,9H2,1-4H3. The molecule has 0 radical (unpaired) electrons. The van der Waals surface area contributed by atoms with Crippen molar-refractivity contribution in [2.24, 2.45) is 0 Å². The van der Waals surface area contributed by atoms with Crippen molar-refractivity contribution in [3.63, 3.8) is 0 Å². The number of benzene rings is 1. The molecule has 5 nitrogen and oxygen atoms in total. The van der Waals surface area contributed by atoms with Crippen molar-refractivity contribution >= 4 is 27.3 Å². The zero-order chi connectivity index (χ0) is 16.2. The lowest BCUT2D eigenvalue weighted by molar-refractivity contribution is -0.133. The lowest BCUT2D eigenvalue weighted by Gasteiger charge is -2.28. The topological polar surface area (TPSA) is 63.7 Å². The van der Waals surface area contributed by atoms with Gasteiger partial charge in [0.1, 0.15) is 5.75 Å². The van der Waals surface area contributed by atoms with Gasteiger partial charge in [-0.15, -0.1) is 0 Å². The van der Waals surface area contributed by atoms with Crippen LogP contribution in [0.1, 0.15) is 13.8 Å². The molecule has 7 heteroatoms. The van der Waals surface area contributed by atoms with E-state index in [-0.39, 0.29) is 12.5 Å². The summed E-state index contributed by atoms with van der Waals surface area (Å²) >= 11 is 5.82. The first-order chi connectivity index (χ1) is 9.62. The van der Waals surface area contributed by atoms with Gasteiger partial charge in [-0.1, -0.05) is 17.7 Å². The van der Waals surface area contributed by atoms with Crippen LogP contribution in [0, 0.1) is 0 Å². The summed E-state index contributed by atoms with van der Waals surface area (Å²) in [5.41, 5.74) is 0. The van der Waals surface area contributed by atoms with Crippen molar-refractivity contribution in [3.05, 3.63) is 29.3 Å². The zero-order valence-electron chi connectivity index (χ0n) is 12.5. The lowest BCUT2D eigenvalue weighted by Crippen LogP contribution is -2.46. The predicted octanol–water partition coefficient (Wildman–Crippen LogP) is 2.00. The van der Waals surface area contributed by atoms with E-state index in [0.29, 0.717) is 10.8 Å². The second-order valence-electron chi connectivity index (χ2n) is 5.03. The highest BCUT2D eigenvalue weighted by Crippen LogP contribution is 2.17. The highest BCUT2D eigenvalue weighted by molar-refractivity contribution is 7.91. The van der Waals surface area contributed by atoms with Gasteiger partial charge in [-0.25, -0.2) is 8.42 Å². The van der Waals surface area contributed by atoms with Crippen LogP contribution in [0.15, 0.2) is 24.3 Å². The Hall–Kier alpha value is -1.27. The Labute approximate surface area is 130 Å². The van der Waals surface area contributed by atoms with Gasteiger partial charge in [0, 0.05) is 24.4 Å². The van der Waals surface area contributed by atoms with E-state index >= 15 is 0 Å². The van der Waals surface area contributed by atoms with Crippen LogP contribution in [0.3, 0.4) is 0 Å². The summed E-state index contributed by atoms with van der Waals surface area (Å²) < 4.78 is 28.4. The molecule has 0 saturated heterocycles. The van der Waals surface area contributed by atoms with Crippen LogP contribution in [-0.2, 0) is 14.6 Å². The summed E-state index contributed by atoms with van der Waals surface area (Å²) in [6.45, 7) is 3.11. The van der Waals surface area contributed by atoms with E-state index < -0.39 is 21.1 Å². The number of likely N-dealkylation sites (N-methyl/N-ethyl adjacent to an activating group) is 1. The fourth-order valence-corrected chi connectivity index (χ4v) is 2.78. The van der Waals surface area contributed by atoms with Crippen molar-refractivity contribution in [1.29, 1.82) is 0 Å². The molecule has 2 unspecified atom stereocenters. The van der Waals surface area contributed by atoms with Crippen LogP contribution >= 0.6 is 11.6 Å². The Morgan fingerprint density at radius 3 is 2.52 bits per heavy atom. The van der Waals surface area contributed by atoms with Crippen molar-refractivity contribution < 1.29 is 17.9 Å². The fourth-order valence-electron chi connectivity index (χ4n) is 1.70. The van der Waals surface area contributed by atoms with Gasteiger partial charge in [0.2, 0.25) is 0 Å². The Balaban J connectivity index is 2.63. The number of hydrogen-bond acceptors (Lipinski definition) is 4. The highest BCUT2D eigenvalue weighted by Gasteiger charge is 2.28. The number of ether oxygens (including phenoxy) is 1. The van der Waals surface area contributed by atoms with E-state index in [0.717, 1.165) is 6.26 Å². The summed E-state index contributed by atoms with van der Waals surface area (Å²) in [5, 5.41) is -0.120. The molecule has 0 aliphatic rings. The molecule has 0 N–H and O–H groups in total. The van der Waals surface area contributed by atoms with Gasteiger partial charge >= 0.3 is 0 Å². The Morgan fingerprint density at radius 2 is 2.00 bits per heavy atom. The quantitative estimate of drug-likeness (QED) is 0.798. The number of carbonyl (C=O) groups excluding carboxylic acids is 1. The van der Waals surface area contributed by atoms with Crippen LogP contribution < -0.4 is 4.74 Å². The van der Waals surface area contributed by atoms with E-state index in [9.17, 15) is 13.2 Å². The molecule has 0 heterocycles. The summed E-state index contributed by atoms with van der Waals surface area (Å²) in [4.78, 5) is 13.4. The van der Waals surface area contributed by atoms with E-state index in [1.165, 1.54) is 4.90 Å². The molecule has 0 bridgehead atoms. The molecule has 1 rings (SSSR count). The van der Waals surface area contributed by atoms with Crippen LogP contribution in [0.5, 0.6) is 5.75 Å². The first-order valence-electron chi connectivity index (χ1n) is 6.46. The minimum Gasteiger partial charge on any atom is -0.484 e. The molecule has 1 aromatic carbocycles. The first-order valence-corrected chi connectivity index (χ1v) is 8.79. The molecule has 21 heavy (non-hydrogen) atoms. The Kier molecular flexibility index (Phi) is 6.04. The summed E-state index contributed by atoms with van der Waals surface area (Å²) in [6.07, 6.45) is 1.16. The predicted molar refractivity (Wildman–Crippen MR) is 83.5 cm³/mol. The van der Waals surface area contributed by atoms with Crippen LogP contribution in [0.2, 0.25) is 5.02 Å². The summed E-state index contributed by atoms with van der Waals surface area (Å²) in [7, 11) is -1.64. The second-order valence-corrected chi connectivity index (χ2v) is 7.87. The summed E-state index contributed by atoms with van der Waals surface area (Å²) in [6, 6.07) is 6.30. The van der Waals surface area contributed by atoms with Gasteiger partial charge in [0.25, 0.3) is 5.91 Å². The van der Waals surface area contributed by atoms with Gasteiger partial charge in [-0.3, -0.25) is 4.79 Å². The van der Waals surface area contributed by atoms with Crippen molar-refractivity contribution in [2.75, 3.05) is 19.9 Å². The highest BCUT2D eigenvalue weighted by atomic mass is 35.5. The first kappa shape index (κ1) is 17.8. The maximum absolute atomic E-state index is 12.0. The largest absolute Gasteiger partial charge is 0.484 e. The van der Waals surface area contributed by atoms with Crippen LogP contribution in [-0.4, -0.2) is 50.4 Å². The molecule has 0 aliphatic heterocycles. The number of halogens is 1. The number of carbonyl (C=O) groups is 1. The Morgan fingerprint density at radius 1 is 1.38 bits per heavy atom. The molecule has 0 spiro atoms. The molecular weight excluding hydrogens is 314 g/mol. The third kappa shape index (κ3) is 5.21. The van der Waals surface area contributed by atoms with Gasteiger partial charge in [0.05, 0.1) is 5.25 Å². The molecule has 0 aliphatic carbocycles. The van der Waals surface area contributed by atoms with Crippen molar-refractivity contribution in [1.82, 2.24) is 4.90 Å². The third-order valence-corrected chi connectivity index (χ3v) is 5.50. The van der Waals surface area contributed by atoms with Crippen LogP contribution in [0.4, 0.5) is 0 Å². The Bertz CT molecular complexity index is 603. The van der Waals surface area contributed by atoms with Crippen LogP contribution in [0.25, 0.3) is 0 Å². The number of sulfone groups is 1. The number of amides is 1. The zero-order valence-corrected chi connectivity index (χ0v) is 14.1. The number of rotatable bonds is 6. The fraction of sp³-hybridized carbons (Fsp3) is 0.500. The molecule has 0 saturated carbocycles.